The molecule has 1 atom stereocenters. The smallest absolute Gasteiger partial charge is 0.162 e. The molecule has 0 saturated carbocycles. The number of aliphatic hydroxyl groups is 1. The fraction of sp³-hybridized carbons (Fsp3) is 0.600. The van der Waals surface area contributed by atoms with Crippen LogP contribution in [0.5, 0.6) is 11.5 Å². The van der Waals surface area contributed by atoms with Crippen LogP contribution in [0.3, 0.4) is 0 Å². The van der Waals surface area contributed by atoms with Gasteiger partial charge in [-0.3, -0.25) is 0 Å². The monoisotopic (exact) mass is 297 g/mol. The van der Waals surface area contributed by atoms with E-state index in [0.29, 0.717) is 13.2 Å². The molecule has 0 aliphatic carbocycles. The molecular weight excluding hydrogens is 274 g/mol. The third-order valence-electron chi connectivity index (χ3n) is 3.61. The Kier molecular flexibility index (Phi) is 5.57. The van der Waals surface area contributed by atoms with E-state index in [1.54, 1.807) is 0 Å². The molecule has 1 heterocycles. The molecule has 0 saturated heterocycles. The molecule has 0 fully saturated rings. The van der Waals surface area contributed by atoms with Crippen molar-refractivity contribution in [2.24, 2.45) is 0 Å². The summed E-state index contributed by atoms with van der Waals surface area (Å²) in [4.78, 5) is 1.20. The number of thioether (sulfide) groups is 1. The Morgan fingerprint density at radius 3 is 2.75 bits per heavy atom. The van der Waals surface area contributed by atoms with Gasteiger partial charge in [-0.05, 0) is 50.8 Å². The maximum absolute atomic E-state index is 9.33. The summed E-state index contributed by atoms with van der Waals surface area (Å²) in [6.45, 7) is 3.46. The molecule has 1 aliphatic rings. The van der Waals surface area contributed by atoms with Gasteiger partial charge in [0.15, 0.2) is 11.5 Å². The van der Waals surface area contributed by atoms with E-state index in [0.717, 1.165) is 30.1 Å². The van der Waals surface area contributed by atoms with Gasteiger partial charge in [0.2, 0.25) is 0 Å². The standard InChI is InChI=1S/C15H23NO3S/c1-15(11-17,16-2)6-3-9-20-12-4-5-13-14(10-12)19-8-7-18-13/h4-5,10,16-17H,3,6-9,11H2,1-2H3. The number of likely N-dealkylation sites (N-methyl/N-ethyl adjacent to an activating group) is 1. The second-order valence-corrected chi connectivity index (χ2v) is 6.39. The Balaban J connectivity index is 1.80. The summed E-state index contributed by atoms with van der Waals surface area (Å²) in [6, 6.07) is 6.09. The van der Waals surface area contributed by atoms with Crippen LogP contribution in [0.25, 0.3) is 0 Å². The van der Waals surface area contributed by atoms with Crippen LogP contribution >= 0.6 is 11.8 Å². The summed E-state index contributed by atoms with van der Waals surface area (Å²) >= 11 is 1.81. The minimum atomic E-state index is -0.173. The first-order valence-corrected chi connectivity index (χ1v) is 7.98. The van der Waals surface area contributed by atoms with Crippen LogP contribution in [0.15, 0.2) is 23.1 Å². The maximum atomic E-state index is 9.33. The highest BCUT2D eigenvalue weighted by Crippen LogP contribution is 2.34. The van der Waals surface area contributed by atoms with E-state index in [9.17, 15) is 5.11 Å². The average molecular weight is 297 g/mol. The molecule has 0 amide bonds. The van der Waals surface area contributed by atoms with Crippen molar-refractivity contribution in [3.63, 3.8) is 0 Å². The predicted molar refractivity (Wildman–Crippen MR) is 81.9 cm³/mol. The lowest BCUT2D eigenvalue weighted by molar-refractivity contribution is 0.171. The number of aliphatic hydroxyl groups excluding tert-OH is 1. The van der Waals surface area contributed by atoms with Crippen molar-refractivity contribution in [2.45, 2.75) is 30.2 Å². The number of hydrogen-bond donors (Lipinski definition) is 2. The molecule has 0 aromatic heterocycles. The van der Waals surface area contributed by atoms with Crippen LogP contribution in [0, 0.1) is 0 Å². The average Bonchev–Trinajstić information content (AvgIpc) is 2.51. The second-order valence-electron chi connectivity index (χ2n) is 5.23. The first-order valence-electron chi connectivity index (χ1n) is 6.99. The van der Waals surface area contributed by atoms with Crippen molar-refractivity contribution < 1.29 is 14.6 Å². The minimum absolute atomic E-state index is 0.165. The van der Waals surface area contributed by atoms with Gasteiger partial charge >= 0.3 is 0 Å². The largest absolute Gasteiger partial charge is 0.486 e. The first kappa shape index (κ1) is 15.5. The molecule has 4 nitrogen and oxygen atoms in total. The summed E-state index contributed by atoms with van der Waals surface area (Å²) in [5.74, 6) is 2.71. The van der Waals surface area contributed by atoms with Crippen molar-refractivity contribution in [1.29, 1.82) is 0 Å². The molecular formula is C15H23NO3S. The summed E-state index contributed by atoms with van der Waals surface area (Å²) in [5, 5.41) is 12.5. The molecule has 0 bridgehead atoms. The minimum Gasteiger partial charge on any atom is -0.486 e. The zero-order valence-corrected chi connectivity index (χ0v) is 13.0. The molecule has 112 valence electrons. The van der Waals surface area contributed by atoms with E-state index in [-0.39, 0.29) is 12.1 Å². The molecule has 1 aliphatic heterocycles. The van der Waals surface area contributed by atoms with Crippen LogP contribution in [0.2, 0.25) is 0 Å². The number of rotatable bonds is 7. The zero-order chi connectivity index (χ0) is 14.4. The van der Waals surface area contributed by atoms with Crippen molar-refractivity contribution in [3.8, 4) is 11.5 Å². The number of ether oxygens (including phenoxy) is 2. The van der Waals surface area contributed by atoms with Crippen LogP contribution in [0.1, 0.15) is 19.8 Å². The molecule has 5 heteroatoms. The van der Waals surface area contributed by atoms with Gasteiger partial charge in [-0.25, -0.2) is 0 Å². The Morgan fingerprint density at radius 1 is 1.30 bits per heavy atom. The highest BCUT2D eigenvalue weighted by atomic mass is 32.2. The summed E-state index contributed by atoms with van der Waals surface area (Å²) in [5.41, 5.74) is -0.173. The van der Waals surface area contributed by atoms with Gasteiger partial charge in [-0.15, -0.1) is 11.8 Å². The van der Waals surface area contributed by atoms with Crippen molar-refractivity contribution in [1.82, 2.24) is 5.32 Å². The Labute approximate surface area is 124 Å². The Hall–Kier alpha value is -0.910. The molecule has 2 rings (SSSR count). The quantitative estimate of drug-likeness (QED) is 0.597. The van der Waals surface area contributed by atoms with Crippen LogP contribution in [-0.4, -0.2) is 43.3 Å². The van der Waals surface area contributed by atoms with Gasteiger partial charge in [0.1, 0.15) is 13.2 Å². The maximum Gasteiger partial charge on any atom is 0.162 e. The predicted octanol–water partition coefficient (Wildman–Crippen LogP) is 2.30. The van der Waals surface area contributed by atoms with E-state index in [1.807, 2.05) is 37.9 Å². The Morgan fingerprint density at radius 2 is 2.05 bits per heavy atom. The highest BCUT2D eigenvalue weighted by Gasteiger charge is 2.19. The van der Waals surface area contributed by atoms with Gasteiger partial charge < -0.3 is 19.9 Å². The molecule has 0 radical (unpaired) electrons. The Bertz CT molecular complexity index is 435. The number of fused-ring (bicyclic) bond motifs is 1. The van der Waals surface area contributed by atoms with Crippen LogP contribution in [-0.2, 0) is 0 Å². The molecule has 1 aromatic rings. The highest BCUT2D eigenvalue weighted by molar-refractivity contribution is 7.99. The van der Waals surface area contributed by atoms with Crippen molar-refractivity contribution in [3.05, 3.63) is 18.2 Å². The summed E-state index contributed by atoms with van der Waals surface area (Å²) in [7, 11) is 1.89. The number of hydrogen-bond acceptors (Lipinski definition) is 5. The molecule has 20 heavy (non-hydrogen) atoms. The topological polar surface area (TPSA) is 50.7 Å². The van der Waals surface area contributed by atoms with Crippen molar-refractivity contribution >= 4 is 11.8 Å². The van der Waals surface area contributed by atoms with E-state index < -0.39 is 0 Å². The fourth-order valence-electron chi connectivity index (χ4n) is 2.05. The van der Waals surface area contributed by atoms with Crippen molar-refractivity contribution in [2.75, 3.05) is 32.6 Å². The molecule has 2 N–H and O–H groups in total. The summed E-state index contributed by atoms with van der Waals surface area (Å²) < 4.78 is 11.1. The van der Waals surface area contributed by atoms with E-state index in [4.69, 9.17) is 9.47 Å². The van der Waals surface area contributed by atoms with E-state index >= 15 is 0 Å². The van der Waals surface area contributed by atoms with Gasteiger partial charge in [-0.2, -0.15) is 0 Å². The van der Waals surface area contributed by atoms with Gasteiger partial charge in [0.05, 0.1) is 6.61 Å². The van der Waals surface area contributed by atoms with Crippen LogP contribution in [0.4, 0.5) is 0 Å². The number of benzene rings is 1. The summed E-state index contributed by atoms with van der Waals surface area (Å²) in [6.07, 6.45) is 2.01. The van der Waals surface area contributed by atoms with E-state index in [1.165, 1.54) is 4.90 Å². The van der Waals surface area contributed by atoms with Gasteiger partial charge in [-0.1, -0.05) is 0 Å². The van der Waals surface area contributed by atoms with E-state index in [2.05, 4.69) is 11.4 Å². The van der Waals surface area contributed by atoms with Gasteiger partial charge in [0, 0.05) is 10.4 Å². The molecule has 0 spiro atoms. The van der Waals surface area contributed by atoms with Gasteiger partial charge in [0.25, 0.3) is 0 Å². The lowest BCUT2D eigenvalue weighted by Gasteiger charge is -2.26. The fourth-order valence-corrected chi connectivity index (χ4v) is 2.93. The second kappa shape index (κ2) is 7.20. The third kappa shape index (κ3) is 4.04. The first-order chi connectivity index (χ1) is 9.67. The normalized spacial score (nSPS) is 16.8. The lowest BCUT2D eigenvalue weighted by atomic mass is 9.98. The van der Waals surface area contributed by atoms with Crippen LogP contribution < -0.4 is 14.8 Å². The third-order valence-corrected chi connectivity index (χ3v) is 4.69. The number of nitrogens with one attached hydrogen (secondary N) is 1. The SMILES string of the molecule is CNC(C)(CO)CCCSc1ccc2c(c1)OCCO2. The lowest BCUT2D eigenvalue weighted by Crippen LogP contribution is -2.43. The molecule has 1 unspecified atom stereocenters. The molecule has 1 aromatic carbocycles. The zero-order valence-electron chi connectivity index (χ0n) is 12.1.